The summed E-state index contributed by atoms with van der Waals surface area (Å²) in [6.45, 7) is 0. The van der Waals surface area contributed by atoms with Gasteiger partial charge in [-0.05, 0) is 40.4 Å². The molecule has 0 atom stereocenters. The highest BCUT2D eigenvalue weighted by molar-refractivity contribution is 9.10. The first-order valence-corrected chi connectivity index (χ1v) is 7.02. The fourth-order valence-electron chi connectivity index (χ4n) is 2.38. The van der Waals surface area contributed by atoms with Crippen molar-refractivity contribution in [2.75, 3.05) is 0 Å². The molecule has 0 aromatic heterocycles. The van der Waals surface area contributed by atoms with Gasteiger partial charge in [-0.2, -0.15) is 0 Å². The van der Waals surface area contributed by atoms with Crippen LogP contribution < -0.4 is 0 Å². The number of carbonyl (C=O) groups is 1. The summed E-state index contributed by atoms with van der Waals surface area (Å²) in [7, 11) is 0. The van der Waals surface area contributed by atoms with Crippen molar-refractivity contribution in [3.63, 3.8) is 0 Å². The maximum absolute atomic E-state index is 13.3. The lowest BCUT2D eigenvalue weighted by atomic mass is 9.82. The van der Waals surface area contributed by atoms with Gasteiger partial charge >= 0.3 is 0 Å². The smallest absolute Gasteiger partial charge is 0.248 e. The van der Waals surface area contributed by atoms with Gasteiger partial charge in [-0.1, -0.05) is 12.1 Å². The summed E-state index contributed by atoms with van der Waals surface area (Å²) in [6.07, 6.45) is 0.0770. The third-order valence-corrected chi connectivity index (χ3v) is 4.46. The summed E-state index contributed by atoms with van der Waals surface area (Å²) in [5.74, 6) is -3.45. The molecule has 0 aliphatic heterocycles. The first-order valence-electron chi connectivity index (χ1n) is 6.22. The molecule has 1 aromatic carbocycles. The Hall–Kier alpha value is -0.840. The van der Waals surface area contributed by atoms with Gasteiger partial charge in [0.2, 0.25) is 5.92 Å². The predicted molar refractivity (Wildman–Crippen MR) is 69.7 cm³/mol. The van der Waals surface area contributed by atoms with Crippen LogP contribution in [-0.4, -0.2) is 11.7 Å². The second-order valence-electron chi connectivity index (χ2n) is 4.99. The lowest BCUT2D eigenvalue weighted by Crippen LogP contribution is -2.29. The Balaban J connectivity index is 2.00. The minimum atomic E-state index is -2.63. The number of ketones is 1. The highest BCUT2D eigenvalue weighted by Crippen LogP contribution is 2.37. The zero-order valence-corrected chi connectivity index (χ0v) is 11.9. The molecule has 1 saturated carbocycles. The molecule has 2 rings (SSSR count). The molecule has 104 valence electrons. The van der Waals surface area contributed by atoms with Crippen LogP contribution in [0.25, 0.3) is 0 Å². The maximum Gasteiger partial charge on any atom is 0.248 e. The molecule has 0 N–H and O–H groups in total. The average molecular weight is 335 g/mol. The largest absolute Gasteiger partial charge is 0.299 e. The van der Waals surface area contributed by atoms with Crippen LogP contribution in [0.5, 0.6) is 0 Å². The predicted octanol–water partition coefficient (Wildman–Crippen LogP) is 4.53. The van der Waals surface area contributed by atoms with Crippen LogP contribution >= 0.6 is 15.9 Å². The lowest BCUT2D eigenvalue weighted by Gasteiger charge is -2.27. The van der Waals surface area contributed by atoms with Crippen molar-refractivity contribution < 1.29 is 18.0 Å². The van der Waals surface area contributed by atoms with Crippen molar-refractivity contribution in [1.82, 2.24) is 0 Å². The van der Waals surface area contributed by atoms with Crippen LogP contribution in [0.15, 0.2) is 22.7 Å². The van der Waals surface area contributed by atoms with Crippen molar-refractivity contribution >= 4 is 21.7 Å². The van der Waals surface area contributed by atoms with E-state index in [9.17, 15) is 18.0 Å². The van der Waals surface area contributed by atoms with Crippen LogP contribution in [-0.2, 0) is 11.2 Å². The quantitative estimate of drug-likeness (QED) is 0.793. The molecule has 0 unspecified atom stereocenters. The molecule has 0 radical (unpaired) electrons. The normalized spacial score (nSPS) is 19.4. The fourth-order valence-corrected chi connectivity index (χ4v) is 2.78. The third kappa shape index (κ3) is 3.59. The van der Waals surface area contributed by atoms with E-state index >= 15 is 0 Å². The van der Waals surface area contributed by atoms with Crippen molar-refractivity contribution in [1.29, 1.82) is 0 Å². The second-order valence-corrected chi connectivity index (χ2v) is 5.78. The van der Waals surface area contributed by atoms with Crippen LogP contribution in [0.1, 0.15) is 31.2 Å². The fraction of sp³-hybridized carbons (Fsp3) is 0.500. The van der Waals surface area contributed by atoms with E-state index in [1.165, 1.54) is 12.1 Å². The number of hydrogen-bond donors (Lipinski definition) is 0. The molecular formula is C14H14BrF3O. The minimum absolute atomic E-state index is 0.0817. The van der Waals surface area contributed by atoms with E-state index in [4.69, 9.17) is 0 Å². The van der Waals surface area contributed by atoms with Gasteiger partial charge < -0.3 is 0 Å². The number of carbonyl (C=O) groups excluding carboxylic acids is 1. The van der Waals surface area contributed by atoms with Crippen molar-refractivity contribution in [3.05, 3.63) is 34.1 Å². The van der Waals surface area contributed by atoms with E-state index < -0.39 is 11.7 Å². The molecule has 0 bridgehead atoms. The van der Waals surface area contributed by atoms with Gasteiger partial charge in [-0.3, -0.25) is 4.79 Å². The molecule has 1 aliphatic rings. The molecule has 0 saturated heterocycles. The van der Waals surface area contributed by atoms with E-state index in [1.807, 2.05) is 0 Å². The average Bonchev–Trinajstić information content (AvgIpc) is 2.35. The summed E-state index contributed by atoms with van der Waals surface area (Å²) in [5, 5.41) is 0. The Bertz CT molecular complexity index is 478. The standard InChI is InChI=1S/C14H14BrF3O/c15-13-10(2-1-3-11(13)16)8-12(19)9-4-6-14(17,18)7-5-9/h1-3,9H,4-8H2. The number of hydrogen-bond acceptors (Lipinski definition) is 1. The van der Waals surface area contributed by atoms with Crippen LogP contribution in [0, 0.1) is 11.7 Å². The minimum Gasteiger partial charge on any atom is -0.299 e. The monoisotopic (exact) mass is 334 g/mol. The van der Waals surface area contributed by atoms with Crippen LogP contribution in [0.4, 0.5) is 13.2 Å². The molecule has 0 amide bonds. The van der Waals surface area contributed by atoms with Gasteiger partial charge in [0.05, 0.1) is 4.47 Å². The third-order valence-electron chi connectivity index (χ3n) is 3.57. The maximum atomic E-state index is 13.3. The first-order chi connectivity index (χ1) is 8.89. The second kappa shape index (κ2) is 5.65. The summed E-state index contributed by atoms with van der Waals surface area (Å²) in [6, 6.07) is 4.51. The topological polar surface area (TPSA) is 17.1 Å². The van der Waals surface area contributed by atoms with Gasteiger partial charge in [-0.15, -0.1) is 0 Å². The van der Waals surface area contributed by atoms with Gasteiger partial charge in [0.25, 0.3) is 0 Å². The molecule has 1 aromatic rings. The highest BCUT2D eigenvalue weighted by atomic mass is 79.9. The molecule has 1 fully saturated rings. The number of rotatable bonds is 3. The number of halogens is 4. The van der Waals surface area contributed by atoms with Crippen molar-refractivity contribution in [2.45, 2.75) is 38.0 Å². The summed E-state index contributed by atoms with van der Waals surface area (Å²) < 4.78 is 39.6. The van der Waals surface area contributed by atoms with Gasteiger partial charge in [-0.25, -0.2) is 13.2 Å². The molecule has 1 aliphatic carbocycles. The number of Topliss-reactive ketones (excluding diaryl/α,β-unsaturated/α-hetero) is 1. The Morgan fingerprint density at radius 3 is 2.58 bits per heavy atom. The Morgan fingerprint density at radius 2 is 1.95 bits per heavy atom. The van der Waals surface area contributed by atoms with E-state index in [0.717, 1.165) is 0 Å². The lowest BCUT2D eigenvalue weighted by molar-refractivity contribution is -0.126. The molecule has 5 heteroatoms. The zero-order valence-electron chi connectivity index (χ0n) is 10.3. The van der Waals surface area contributed by atoms with Crippen LogP contribution in [0.2, 0.25) is 0 Å². The van der Waals surface area contributed by atoms with E-state index in [0.29, 0.717) is 5.56 Å². The van der Waals surface area contributed by atoms with Crippen molar-refractivity contribution in [3.8, 4) is 0 Å². The molecule has 19 heavy (non-hydrogen) atoms. The van der Waals surface area contributed by atoms with Gasteiger partial charge in [0.15, 0.2) is 0 Å². The molecule has 0 heterocycles. The molecule has 1 nitrogen and oxygen atoms in total. The Morgan fingerprint density at radius 1 is 1.32 bits per heavy atom. The summed E-state index contributed by atoms with van der Waals surface area (Å²) >= 11 is 3.10. The highest BCUT2D eigenvalue weighted by Gasteiger charge is 2.37. The first kappa shape index (κ1) is 14.6. The van der Waals surface area contributed by atoms with Crippen LogP contribution in [0.3, 0.4) is 0 Å². The summed E-state index contributed by atoms with van der Waals surface area (Å²) in [4.78, 5) is 12.1. The van der Waals surface area contributed by atoms with E-state index in [-0.39, 0.29) is 48.3 Å². The Kier molecular flexibility index (Phi) is 4.33. The van der Waals surface area contributed by atoms with Crippen molar-refractivity contribution in [2.24, 2.45) is 5.92 Å². The summed E-state index contributed by atoms with van der Waals surface area (Å²) in [5.41, 5.74) is 0.572. The Labute approximate surface area is 118 Å². The van der Waals surface area contributed by atoms with E-state index in [2.05, 4.69) is 15.9 Å². The van der Waals surface area contributed by atoms with Gasteiger partial charge in [0.1, 0.15) is 11.6 Å². The van der Waals surface area contributed by atoms with Gasteiger partial charge in [0, 0.05) is 25.2 Å². The molecule has 0 spiro atoms. The number of alkyl halides is 2. The SMILES string of the molecule is O=C(Cc1cccc(F)c1Br)C1CCC(F)(F)CC1. The molecular weight excluding hydrogens is 321 g/mol. The zero-order chi connectivity index (χ0) is 14.0. The van der Waals surface area contributed by atoms with E-state index in [1.54, 1.807) is 6.07 Å². The number of benzene rings is 1.